The second kappa shape index (κ2) is 8.25. The molecule has 6 heteroatoms. The molecule has 1 atom stereocenters. The van der Waals surface area contributed by atoms with E-state index < -0.39 is 0 Å². The maximum atomic E-state index is 12.2. The molecule has 1 amide bonds. The number of hydrogen-bond donors (Lipinski definition) is 1. The lowest BCUT2D eigenvalue weighted by Crippen LogP contribution is -2.36. The molecule has 0 aliphatic carbocycles. The number of hydrogen-bond acceptors (Lipinski definition) is 4. The van der Waals surface area contributed by atoms with Crippen LogP contribution >= 0.6 is 11.8 Å². The van der Waals surface area contributed by atoms with Crippen LogP contribution in [0.15, 0.2) is 29.4 Å². The number of amides is 1. The smallest absolute Gasteiger partial charge is 0.233 e. The van der Waals surface area contributed by atoms with Gasteiger partial charge in [0, 0.05) is 18.2 Å². The highest BCUT2D eigenvalue weighted by Gasteiger charge is 2.21. The molecule has 0 aliphatic heterocycles. The van der Waals surface area contributed by atoms with E-state index in [0.717, 1.165) is 23.1 Å². The molecule has 1 heterocycles. The molecular weight excluding hydrogens is 344 g/mol. The van der Waals surface area contributed by atoms with Crippen LogP contribution in [-0.4, -0.2) is 32.0 Å². The molecule has 0 aliphatic rings. The molecule has 1 N–H and O–H groups in total. The monoisotopic (exact) mass is 374 g/mol. The zero-order chi connectivity index (χ0) is 19.5. The van der Waals surface area contributed by atoms with Gasteiger partial charge in [-0.15, -0.1) is 10.2 Å². The minimum absolute atomic E-state index is 0.0201. The largest absolute Gasteiger partial charge is 0.353 e. The topological polar surface area (TPSA) is 59.8 Å². The molecule has 2 rings (SSSR count). The summed E-state index contributed by atoms with van der Waals surface area (Å²) in [6.45, 7) is 15.3. The average molecular weight is 375 g/mol. The zero-order valence-electron chi connectivity index (χ0n) is 16.8. The molecule has 1 unspecified atom stereocenters. The number of nitrogens with zero attached hydrogens (tertiary/aromatic N) is 3. The first-order valence-electron chi connectivity index (χ1n) is 9.14. The van der Waals surface area contributed by atoms with Gasteiger partial charge in [-0.3, -0.25) is 4.79 Å². The van der Waals surface area contributed by atoms with Gasteiger partial charge in [0.25, 0.3) is 0 Å². The van der Waals surface area contributed by atoms with Crippen molar-refractivity contribution in [3.8, 4) is 11.4 Å². The Morgan fingerprint density at radius 2 is 1.77 bits per heavy atom. The van der Waals surface area contributed by atoms with Gasteiger partial charge in [-0.2, -0.15) is 0 Å². The van der Waals surface area contributed by atoms with E-state index in [4.69, 9.17) is 0 Å². The van der Waals surface area contributed by atoms with Crippen molar-refractivity contribution in [2.45, 2.75) is 76.9 Å². The lowest BCUT2D eigenvalue weighted by Gasteiger charge is -2.19. The third kappa shape index (κ3) is 4.87. The summed E-state index contributed by atoms with van der Waals surface area (Å²) in [4.78, 5) is 12.2. The van der Waals surface area contributed by atoms with Crippen molar-refractivity contribution in [3.05, 3.63) is 29.8 Å². The summed E-state index contributed by atoms with van der Waals surface area (Å²) in [5.41, 5.74) is 2.45. The lowest BCUT2D eigenvalue weighted by atomic mass is 9.87. The maximum Gasteiger partial charge on any atom is 0.233 e. The molecule has 0 saturated carbocycles. The minimum Gasteiger partial charge on any atom is -0.353 e. The van der Waals surface area contributed by atoms with E-state index in [1.807, 2.05) is 20.8 Å². The first-order chi connectivity index (χ1) is 12.1. The molecule has 2 aromatic rings. The third-order valence-corrected chi connectivity index (χ3v) is 5.21. The quantitative estimate of drug-likeness (QED) is 0.767. The van der Waals surface area contributed by atoms with Gasteiger partial charge in [0.2, 0.25) is 5.91 Å². The summed E-state index contributed by atoms with van der Waals surface area (Å²) in [5.74, 6) is 0.860. The maximum absolute atomic E-state index is 12.2. The van der Waals surface area contributed by atoms with E-state index in [2.05, 4.69) is 72.0 Å². The number of aromatic nitrogens is 3. The van der Waals surface area contributed by atoms with Crippen LogP contribution in [0.25, 0.3) is 11.4 Å². The Morgan fingerprint density at radius 1 is 1.15 bits per heavy atom. The van der Waals surface area contributed by atoms with Crippen molar-refractivity contribution < 1.29 is 4.79 Å². The van der Waals surface area contributed by atoms with E-state index in [1.54, 1.807) is 0 Å². The van der Waals surface area contributed by atoms with E-state index in [9.17, 15) is 4.79 Å². The Morgan fingerprint density at radius 3 is 2.27 bits per heavy atom. The molecule has 26 heavy (non-hydrogen) atoms. The Hall–Kier alpha value is -1.82. The highest BCUT2D eigenvalue weighted by Crippen LogP contribution is 2.29. The Kier molecular flexibility index (Phi) is 6.50. The van der Waals surface area contributed by atoms with Crippen LogP contribution in [0, 0.1) is 0 Å². The van der Waals surface area contributed by atoms with Crippen LogP contribution in [0.1, 0.15) is 54.0 Å². The summed E-state index contributed by atoms with van der Waals surface area (Å²) < 4.78 is 2.07. The van der Waals surface area contributed by atoms with Crippen LogP contribution in [0.2, 0.25) is 0 Å². The predicted octanol–water partition coefficient (Wildman–Crippen LogP) is 4.27. The van der Waals surface area contributed by atoms with E-state index in [-0.39, 0.29) is 22.6 Å². The summed E-state index contributed by atoms with van der Waals surface area (Å²) in [6, 6.07) is 8.62. The second-order valence-corrected chi connectivity index (χ2v) is 9.11. The van der Waals surface area contributed by atoms with Crippen molar-refractivity contribution in [2.75, 3.05) is 0 Å². The molecule has 0 spiro atoms. The third-order valence-electron chi connectivity index (χ3n) is 4.12. The van der Waals surface area contributed by atoms with Gasteiger partial charge in [-0.25, -0.2) is 0 Å². The van der Waals surface area contributed by atoms with E-state index in [1.165, 1.54) is 17.3 Å². The summed E-state index contributed by atoms with van der Waals surface area (Å²) in [7, 11) is 0. The lowest BCUT2D eigenvalue weighted by molar-refractivity contribution is -0.120. The van der Waals surface area contributed by atoms with Gasteiger partial charge in [-0.05, 0) is 38.7 Å². The van der Waals surface area contributed by atoms with Gasteiger partial charge in [0.15, 0.2) is 11.0 Å². The molecule has 5 nitrogen and oxygen atoms in total. The minimum atomic E-state index is -0.219. The average Bonchev–Trinajstić information content (AvgIpc) is 2.96. The number of nitrogens with one attached hydrogen (secondary N) is 1. The molecule has 1 aromatic carbocycles. The number of thioether (sulfide) groups is 1. The summed E-state index contributed by atoms with van der Waals surface area (Å²) >= 11 is 1.45. The molecule has 0 saturated heterocycles. The fraction of sp³-hybridized carbons (Fsp3) is 0.550. The van der Waals surface area contributed by atoms with Crippen molar-refractivity contribution in [1.82, 2.24) is 20.1 Å². The van der Waals surface area contributed by atoms with Gasteiger partial charge in [-0.1, -0.05) is 56.8 Å². The number of rotatable bonds is 6. The Labute approximate surface area is 161 Å². The number of carbonyl (C=O) groups excluding carboxylic acids is 1. The van der Waals surface area contributed by atoms with Crippen molar-refractivity contribution in [3.63, 3.8) is 0 Å². The van der Waals surface area contributed by atoms with Gasteiger partial charge < -0.3 is 9.88 Å². The van der Waals surface area contributed by atoms with Crippen molar-refractivity contribution >= 4 is 17.7 Å². The van der Waals surface area contributed by atoms with Crippen LogP contribution in [-0.2, 0) is 16.8 Å². The second-order valence-electron chi connectivity index (χ2n) is 7.80. The van der Waals surface area contributed by atoms with Crippen LogP contribution in [0.3, 0.4) is 0 Å². The first kappa shape index (κ1) is 20.5. The van der Waals surface area contributed by atoms with Gasteiger partial charge in [0.05, 0.1) is 5.25 Å². The van der Waals surface area contributed by atoms with Crippen LogP contribution < -0.4 is 5.32 Å². The summed E-state index contributed by atoms with van der Waals surface area (Å²) in [5, 5.41) is 12.2. The van der Waals surface area contributed by atoms with Gasteiger partial charge in [0.1, 0.15) is 0 Å². The normalized spacial score (nSPS) is 13.1. The highest BCUT2D eigenvalue weighted by molar-refractivity contribution is 8.00. The molecule has 0 bridgehead atoms. The van der Waals surface area contributed by atoms with Crippen LogP contribution in [0.5, 0.6) is 0 Å². The zero-order valence-corrected chi connectivity index (χ0v) is 17.6. The SMILES string of the molecule is CCn1c(SC(C)C(=O)NC(C)C)nnc1-c1ccc(C(C)(C)C)cc1. The van der Waals surface area contributed by atoms with Gasteiger partial charge >= 0.3 is 0 Å². The fourth-order valence-corrected chi connectivity index (χ4v) is 3.53. The van der Waals surface area contributed by atoms with E-state index in [0.29, 0.717) is 0 Å². The molecule has 1 aromatic heterocycles. The van der Waals surface area contributed by atoms with E-state index >= 15 is 0 Å². The first-order valence-corrected chi connectivity index (χ1v) is 10.0. The molecule has 0 radical (unpaired) electrons. The summed E-state index contributed by atoms with van der Waals surface area (Å²) in [6.07, 6.45) is 0. The Bertz CT molecular complexity index is 744. The standard InChI is InChI=1S/C20H30N4OS/c1-8-24-17(15-9-11-16(12-10-15)20(5,6)7)22-23-19(24)26-14(4)18(25)21-13(2)3/h9-14H,8H2,1-7H3,(H,21,25). The number of benzene rings is 1. The Balaban J connectivity index is 2.23. The predicted molar refractivity (Wildman–Crippen MR) is 108 cm³/mol. The van der Waals surface area contributed by atoms with Crippen LogP contribution in [0.4, 0.5) is 0 Å². The molecule has 0 fully saturated rings. The molecule has 142 valence electrons. The number of carbonyl (C=O) groups is 1. The molecular formula is C20H30N4OS. The highest BCUT2D eigenvalue weighted by atomic mass is 32.2. The van der Waals surface area contributed by atoms with Crippen molar-refractivity contribution in [2.24, 2.45) is 0 Å². The van der Waals surface area contributed by atoms with Crippen molar-refractivity contribution in [1.29, 1.82) is 0 Å². The fourth-order valence-electron chi connectivity index (χ4n) is 2.61.